The third-order valence-electron chi connectivity index (χ3n) is 4.90. The molecule has 3 heterocycles. The Morgan fingerprint density at radius 1 is 1.07 bits per heavy atom. The zero-order valence-electron chi connectivity index (χ0n) is 16.2. The van der Waals surface area contributed by atoms with Crippen molar-refractivity contribution < 1.29 is 13.2 Å². The fourth-order valence-corrected chi connectivity index (χ4v) is 4.25. The van der Waals surface area contributed by atoms with Crippen molar-refractivity contribution in [1.29, 1.82) is 0 Å². The average molecular weight is 414 g/mol. The Morgan fingerprint density at radius 3 is 2.55 bits per heavy atom. The molecular weight excluding hydrogens is 392 g/mol. The van der Waals surface area contributed by atoms with Crippen molar-refractivity contribution in [2.45, 2.75) is 4.90 Å². The van der Waals surface area contributed by atoms with Crippen LogP contribution in [0.2, 0.25) is 0 Å². The van der Waals surface area contributed by atoms with Crippen LogP contribution in [0.4, 0.5) is 11.6 Å². The number of sulfonamides is 1. The number of hydrogen-bond donors (Lipinski definition) is 1. The summed E-state index contributed by atoms with van der Waals surface area (Å²) in [5, 5.41) is 0.890. The number of ether oxygens (including phenoxy) is 1. The molecule has 0 atom stereocenters. The minimum Gasteiger partial charge on any atom is -0.383 e. The van der Waals surface area contributed by atoms with Gasteiger partial charge < -0.3 is 15.4 Å². The smallest absolute Gasteiger partial charge is 0.246 e. The van der Waals surface area contributed by atoms with Crippen LogP contribution in [0.5, 0.6) is 0 Å². The molecule has 2 N–H and O–H groups in total. The molecule has 2 aromatic heterocycles. The molecule has 1 aliphatic heterocycles. The Labute approximate surface area is 169 Å². The molecule has 0 amide bonds. The molecule has 1 saturated heterocycles. The van der Waals surface area contributed by atoms with E-state index in [1.807, 2.05) is 18.2 Å². The summed E-state index contributed by atoms with van der Waals surface area (Å²) in [7, 11) is -0.783. The van der Waals surface area contributed by atoms with E-state index in [2.05, 4.69) is 19.9 Å². The lowest BCUT2D eigenvalue weighted by Crippen LogP contribution is -2.36. The average Bonchev–Trinajstić information content (AvgIpc) is 2.73. The number of aromatic nitrogens is 3. The van der Waals surface area contributed by atoms with E-state index in [1.165, 1.54) is 14.1 Å². The van der Waals surface area contributed by atoms with Crippen LogP contribution in [0, 0.1) is 0 Å². The summed E-state index contributed by atoms with van der Waals surface area (Å²) < 4.78 is 31.7. The molecule has 0 bridgehead atoms. The van der Waals surface area contributed by atoms with E-state index in [1.54, 1.807) is 18.6 Å². The van der Waals surface area contributed by atoms with E-state index >= 15 is 0 Å². The molecule has 1 aromatic carbocycles. The number of nitrogens with zero attached hydrogens (tertiary/aromatic N) is 5. The first-order chi connectivity index (χ1) is 13.9. The van der Waals surface area contributed by atoms with Gasteiger partial charge in [-0.3, -0.25) is 0 Å². The number of rotatable bonds is 4. The van der Waals surface area contributed by atoms with E-state index in [-0.39, 0.29) is 10.7 Å². The van der Waals surface area contributed by atoms with Crippen molar-refractivity contribution in [1.82, 2.24) is 19.3 Å². The van der Waals surface area contributed by atoms with E-state index in [0.29, 0.717) is 18.8 Å². The summed E-state index contributed by atoms with van der Waals surface area (Å²) in [6, 6.07) is 7.29. The van der Waals surface area contributed by atoms with Crippen molar-refractivity contribution in [2.24, 2.45) is 0 Å². The molecule has 9 nitrogen and oxygen atoms in total. The maximum atomic E-state index is 12.6. The predicted molar refractivity (Wildman–Crippen MR) is 111 cm³/mol. The van der Waals surface area contributed by atoms with E-state index < -0.39 is 10.0 Å². The van der Waals surface area contributed by atoms with Gasteiger partial charge in [0.2, 0.25) is 10.0 Å². The highest BCUT2D eigenvalue weighted by Gasteiger charge is 2.22. The monoisotopic (exact) mass is 414 g/mol. The second kappa shape index (κ2) is 7.54. The van der Waals surface area contributed by atoms with Crippen molar-refractivity contribution in [3.63, 3.8) is 0 Å². The highest BCUT2D eigenvalue weighted by molar-refractivity contribution is 7.89. The van der Waals surface area contributed by atoms with Crippen molar-refractivity contribution in [3.8, 4) is 11.1 Å². The first kappa shape index (κ1) is 19.5. The molecule has 10 heteroatoms. The maximum Gasteiger partial charge on any atom is 0.246 e. The standard InChI is InChI=1S/C19H22N6O3S/c1-24(2)29(26,27)17-10-14(11-21-18(17)20)13-3-4-16-15(9-13)19(23-12-22-16)25-5-7-28-8-6-25/h3-4,9-12H,5-8H2,1-2H3,(H2,20,21). The van der Waals surface area contributed by atoms with Crippen LogP contribution in [0.3, 0.4) is 0 Å². The van der Waals surface area contributed by atoms with Gasteiger partial charge in [-0.25, -0.2) is 27.7 Å². The molecule has 0 radical (unpaired) electrons. The number of benzene rings is 1. The fourth-order valence-electron chi connectivity index (χ4n) is 3.27. The van der Waals surface area contributed by atoms with E-state index in [4.69, 9.17) is 10.5 Å². The molecule has 0 saturated carbocycles. The first-order valence-electron chi connectivity index (χ1n) is 9.14. The lowest BCUT2D eigenvalue weighted by atomic mass is 10.0. The summed E-state index contributed by atoms with van der Waals surface area (Å²) in [6.07, 6.45) is 3.13. The van der Waals surface area contributed by atoms with E-state index in [0.717, 1.165) is 39.7 Å². The number of pyridine rings is 1. The van der Waals surface area contributed by atoms with Crippen LogP contribution in [0.15, 0.2) is 41.7 Å². The van der Waals surface area contributed by atoms with Gasteiger partial charge in [0, 0.05) is 44.3 Å². The minimum absolute atomic E-state index is 0.0159. The molecule has 4 rings (SSSR count). The first-order valence-corrected chi connectivity index (χ1v) is 10.6. The molecule has 3 aromatic rings. The lowest BCUT2D eigenvalue weighted by molar-refractivity contribution is 0.122. The number of hydrogen-bond acceptors (Lipinski definition) is 8. The van der Waals surface area contributed by atoms with Gasteiger partial charge in [0.1, 0.15) is 22.9 Å². The zero-order valence-corrected chi connectivity index (χ0v) is 17.1. The van der Waals surface area contributed by atoms with Gasteiger partial charge in [0.25, 0.3) is 0 Å². The second-order valence-corrected chi connectivity index (χ2v) is 9.04. The van der Waals surface area contributed by atoms with Crippen LogP contribution in [-0.2, 0) is 14.8 Å². The third-order valence-corrected chi connectivity index (χ3v) is 6.74. The number of fused-ring (bicyclic) bond motifs is 1. The van der Waals surface area contributed by atoms with Crippen LogP contribution in [0.25, 0.3) is 22.0 Å². The highest BCUT2D eigenvalue weighted by Crippen LogP contribution is 2.31. The molecule has 152 valence electrons. The van der Waals surface area contributed by atoms with Gasteiger partial charge >= 0.3 is 0 Å². The minimum atomic E-state index is -3.71. The predicted octanol–water partition coefficient (Wildman–Crippen LogP) is 1.36. The molecule has 1 fully saturated rings. The van der Waals surface area contributed by atoms with E-state index in [9.17, 15) is 8.42 Å². The van der Waals surface area contributed by atoms with Crippen LogP contribution >= 0.6 is 0 Å². The van der Waals surface area contributed by atoms with Gasteiger partial charge in [-0.1, -0.05) is 6.07 Å². The Kier molecular flexibility index (Phi) is 5.07. The van der Waals surface area contributed by atoms with Crippen molar-refractivity contribution in [2.75, 3.05) is 51.0 Å². The summed E-state index contributed by atoms with van der Waals surface area (Å²) in [6.45, 7) is 2.81. The summed E-state index contributed by atoms with van der Waals surface area (Å²) in [4.78, 5) is 15.1. The Morgan fingerprint density at radius 2 is 1.83 bits per heavy atom. The number of nitrogens with two attached hydrogens (primary N) is 1. The molecular formula is C19H22N6O3S. The molecule has 1 aliphatic rings. The Balaban J connectivity index is 1.83. The number of morpholine rings is 1. The number of anilines is 2. The van der Waals surface area contributed by atoms with Crippen LogP contribution < -0.4 is 10.6 Å². The van der Waals surface area contributed by atoms with Crippen molar-refractivity contribution >= 4 is 32.6 Å². The normalized spacial score (nSPS) is 15.2. The highest BCUT2D eigenvalue weighted by atomic mass is 32.2. The lowest BCUT2D eigenvalue weighted by Gasteiger charge is -2.28. The summed E-state index contributed by atoms with van der Waals surface area (Å²) in [5.41, 5.74) is 8.12. The van der Waals surface area contributed by atoms with Gasteiger partial charge in [-0.05, 0) is 23.8 Å². The topological polar surface area (TPSA) is 115 Å². The Bertz CT molecular complexity index is 1160. The van der Waals surface area contributed by atoms with Gasteiger partial charge in [-0.15, -0.1) is 0 Å². The van der Waals surface area contributed by atoms with Crippen LogP contribution in [0.1, 0.15) is 0 Å². The zero-order chi connectivity index (χ0) is 20.6. The third kappa shape index (κ3) is 3.61. The molecule has 0 unspecified atom stereocenters. The van der Waals surface area contributed by atoms with Gasteiger partial charge in [-0.2, -0.15) is 0 Å². The number of nitrogen functional groups attached to an aromatic ring is 1. The SMILES string of the molecule is CN(C)S(=O)(=O)c1cc(-c2ccc3ncnc(N4CCOCC4)c3c2)cnc1N. The largest absolute Gasteiger partial charge is 0.383 e. The van der Waals surface area contributed by atoms with Gasteiger partial charge in [0.15, 0.2) is 0 Å². The quantitative estimate of drug-likeness (QED) is 0.681. The van der Waals surface area contributed by atoms with Gasteiger partial charge in [0.05, 0.1) is 18.7 Å². The molecule has 0 aliphatic carbocycles. The van der Waals surface area contributed by atoms with Crippen LogP contribution in [-0.4, -0.2) is 68.1 Å². The molecule has 0 spiro atoms. The maximum absolute atomic E-state index is 12.6. The summed E-state index contributed by atoms with van der Waals surface area (Å²) >= 11 is 0. The van der Waals surface area contributed by atoms with Crippen molar-refractivity contribution in [3.05, 3.63) is 36.8 Å². The molecule has 29 heavy (non-hydrogen) atoms. The fraction of sp³-hybridized carbons (Fsp3) is 0.316. The second-order valence-electron chi connectivity index (χ2n) is 6.92. The summed E-state index contributed by atoms with van der Waals surface area (Å²) in [5.74, 6) is 0.810. The Hall–Kier alpha value is -2.82.